The lowest BCUT2D eigenvalue weighted by Gasteiger charge is -2.42. The molecule has 0 radical (unpaired) electrons. The number of urea groups is 1. The molecular formula is C33H46N8O. The smallest absolute Gasteiger partial charge is 0.320 e. The van der Waals surface area contributed by atoms with Gasteiger partial charge < -0.3 is 15.6 Å². The number of hydrogen-bond donors (Lipinski definition) is 3. The molecule has 0 saturated heterocycles. The number of nitrogens with one attached hydrogen (secondary N) is 2. The van der Waals surface area contributed by atoms with Crippen LogP contribution >= 0.6 is 0 Å². The van der Waals surface area contributed by atoms with Gasteiger partial charge in [-0.2, -0.15) is 0 Å². The molecule has 4 N–H and O–H groups in total. The van der Waals surface area contributed by atoms with E-state index in [2.05, 4.69) is 54.1 Å². The molecule has 9 heteroatoms. The van der Waals surface area contributed by atoms with Gasteiger partial charge in [0, 0.05) is 19.6 Å². The standard InChI is InChI=1S/C33H46N8O/c1-4-22-14-16-23(17-15-22)20-41-26-28(36-21(2)24-10-8-11-24)37-30(27(34)40(3)32(35)42)38-29(26)39-31(41)33(18-9-19-33)25-12-6-5-7-13-25/h5-7,12-13,21-24,34H,4,8-11,14-20H2,1-3H3,(H2,35,42)(H,36,37,38). The summed E-state index contributed by atoms with van der Waals surface area (Å²) in [4.78, 5) is 28.1. The van der Waals surface area contributed by atoms with Crippen LogP contribution in [0.5, 0.6) is 0 Å². The van der Waals surface area contributed by atoms with Crippen molar-refractivity contribution in [1.82, 2.24) is 24.4 Å². The lowest BCUT2D eigenvalue weighted by Crippen LogP contribution is -2.39. The molecule has 3 aromatic rings. The number of amides is 2. The highest BCUT2D eigenvalue weighted by Gasteiger charge is 2.45. The molecule has 3 aliphatic carbocycles. The number of nitrogens with zero attached hydrogens (tertiary/aromatic N) is 5. The second kappa shape index (κ2) is 11.7. The number of fused-ring (bicyclic) bond motifs is 1. The summed E-state index contributed by atoms with van der Waals surface area (Å²) in [6.45, 7) is 5.43. The number of imidazole rings is 1. The first-order valence-corrected chi connectivity index (χ1v) is 16.0. The Morgan fingerprint density at radius 2 is 1.76 bits per heavy atom. The van der Waals surface area contributed by atoms with Gasteiger partial charge in [-0.15, -0.1) is 0 Å². The molecule has 3 aliphatic rings. The topological polar surface area (TPSA) is 126 Å². The van der Waals surface area contributed by atoms with Gasteiger partial charge in [-0.25, -0.2) is 19.7 Å². The van der Waals surface area contributed by atoms with E-state index < -0.39 is 6.03 Å². The van der Waals surface area contributed by atoms with E-state index in [1.54, 1.807) is 0 Å². The number of hydrogen-bond acceptors (Lipinski definition) is 6. The highest BCUT2D eigenvalue weighted by molar-refractivity contribution is 6.04. The number of carbonyl (C=O) groups excluding carboxylic acids is 1. The minimum Gasteiger partial charge on any atom is -0.365 e. The minimum atomic E-state index is -0.715. The summed E-state index contributed by atoms with van der Waals surface area (Å²) in [6, 6.07) is 10.3. The molecule has 9 nitrogen and oxygen atoms in total. The molecule has 6 rings (SSSR count). The van der Waals surface area contributed by atoms with Crippen molar-refractivity contribution < 1.29 is 4.79 Å². The molecule has 42 heavy (non-hydrogen) atoms. The van der Waals surface area contributed by atoms with Crippen molar-refractivity contribution >= 4 is 28.8 Å². The normalized spacial score (nSPS) is 22.6. The zero-order valence-electron chi connectivity index (χ0n) is 25.4. The van der Waals surface area contributed by atoms with Gasteiger partial charge in [-0.3, -0.25) is 10.3 Å². The fourth-order valence-corrected chi connectivity index (χ4v) is 7.33. The number of aromatic nitrogens is 4. The average Bonchev–Trinajstić information content (AvgIpc) is 3.29. The van der Waals surface area contributed by atoms with E-state index in [0.717, 1.165) is 48.0 Å². The van der Waals surface area contributed by atoms with Crippen molar-refractivity contribution in [2.75, 3.05) is 12.4 Å². The van der Waals surface area contributed by atoms with E-state index in [9.17, 15) is 4.79 Å². The van der Waals surface area contributed by atoms with Crippen molar-refractivity contribution in [3.8, 4) is 0 Å². The monoisotopic (exact) mass is 570 g/mol. The van der Waals surface area contributed by atoms with E-state index in [1.165, 1.54) is 64.0 Å². The van der Waals surface area contributed by atoms with Crippen LogP contribution in [0.3, 0.4) is 0 Å². The van der Waals surface area contributed by atoms with E-state index in [4.69, 9.17) is 26.1 Å². The molecule has 3 fully saturated rings. The van der Waals surface area contributed by atoms with Gasteiger partial charge in [0.2, 0.25) is 0 Å². The Bertz CT molecular complexity index is 1430. The van der Waals surface area contributed by atoms with E-state index >= 15 is 0 Å². The minimum absolute atomic E-state index is 0.126. The summed E-state index contributed by atoms with van der Waals surface area (Å²) in [7, 11) is 1.48. The van der Waals surface area contributed by atoms with Crippen molar-refractivity contribution in [2.45, 2.75) is 102 Å². The zero-order chi connectivity index (χ0) is 29.4. The highest BCUT2D eigenvalue weighted by Crippen LogP contribution is 2.50. The first-order valence-electron chi connectivity index (χ1n) is 16.0. The van der Waals surface area contributed by atoms with Gasteiger partial charge in [-0.1, -0.05) is 69.4 Å². The number of rotatable bonds is 9. The third kappa shape index (κ3) is 5.15. The number of anilines is 1. The van der Waals surface area contributed by atoms with Crippen LogP contribution in [0.15, 0.2) is 30.3 Å². The number of nitrogens with two attached hydrogens (primary N) is 1. The summed E-state index contributed by atoms with van der Waals surface area (Å²) in [5.41, 5.74) is 8.17. The third-order valence-corrected chi connectivity index (χ3v) is 10.6. The van der Waals surface area contributed by atoms with Crippen molar-refractivity contribution in [2.24, 2.45) is 23.5 Å². The Morgan fingerprint density at radius 1 is 1.07 bits per heavy atom. The number of primary amides is 1. The Kier molecular flexibility index (Phi) is 7.94. The Labute approximate surface area is 249 Å². The van der Waals surface area contributed by atoms with Crippen LogP contribution in [0.1, 0.15) is 102 Å². The Hall–Kier alpha value is -3.49. The fraction of sp³-hybridized carbons (Fsp3) is 0.606. The van der Waals surface area contributed by atoms with Gasteiger partial charge in [0.1, 0.15) is 11.3 Å². The van der Waals surface area contributed by atoms with E-state index in [1.807, 2.05) is 0 Å². The molecule has 0 bridgehead atoms. The Balaban J connectivity index is 1.51. The number of benzene rings is 1. The molecule has 3 saturated carbocycles. The fourth-order valence-electron chi connectivity index (χ4n) is 7.33. The molecule has 1 aromatic carbocycles. The van der Waals surface area contributed by atoms with Gasteiger partial charge in [0.25, 0.3) is 0 Å². The first kappa shape index (κ1) is 28.6. The number of amidine groups is 1. The summed E-state index contributed by atoms with van der Waals surface area (Å²) in [5, 5.41) is 12.4. The van der Waals surface area contributed by atoms with Crippen molar-refractivity contribution in [3.63, 3.8) is 0 Å². The quantitative estimate of drug-likeness (QED) is 0.201. The Morgan fingerprint density at radius 3 is 2.33 bits per heavy atom. The molecule has 224 valence electrons. The largest absolute Gasteiger partial charge is 0.365 e. The van der Waals surface area contributed by atoms with Crippen molar-refractivity contribution in [1.29, 1.82) is 5.41 Å². The van der Waals surface area contributed by atoms with Crippen LogP contribution < -0.4 is 11.1 Å². The van der Waals surface area contributed by atoms with Crippen LogP contribution in [0, 0.1) is 23.2 Å². The number of carbonyl (C=O) groups is 1. The highest BCUT2D eigenvalue weighted by atomic mass is 16.2. The van der Waals surface area contributed by atoms with E-state index in [0.29, 0.717) is 23.3 Å². The van der Waals surface area contributed by atoms with Gasteiger partial charge in [0.15, 0.2) is 23.1 Å². The van der Waals surface area contributed by atoms with Crippen LogP contribution in [0.2, 0.25) is 0 Å². The molecule has 1 atom stereocenters. The van der Waals surface area contributed by atoms with E-state index in [-0.39, 0.29) is 23.1 Å². The summed E-state index contributed by atoms with van der Waals surface area (Å²) in [6.07, 6.45) is 13.2. The first-order chi connectivity index (χ1) is 20.3. The predicted octanol–water partition coefficient (Wildman–Crippen LogP) is 6.45. The molecule has 0 spiro atoms. The van der Waals surface area contributed by atoms with Crippen LogP contribution in [0.25, 0.3) is 11.2 Å². The average molecular weight is 571 g/mol. The summed E-state index contributed by atoms with van der Waals surface area (Å²) < 4.78 is 2.44. The molecule has 2 aromatic heterocycles. The predicted molar refractivity (Wildman–Crippen MR) is 167 cm³/mol. The molecule has 2 heterocycles. The van der Waals surface area contributed by atoms with Crippen LogP contribution in [0.4, 0.5) is 10.6 Å². The second-order valence-electron chi connectivity index (χ2n) is 13.1. The maximum Gasteiger partial charge on any atom is 0.320 e. The van der Waals surface area contributed by atoms with Gasteiger partial charge in [-0.05, 0) is 68.8 Å². The lowest BCUT2D eigenvalue weighted by molar-refractivity contribution is 0.232. The molecule has 0 aliphatic heterocycles. The van der Waals surface area contributed by atoms with Crippen LogP contribution in [-0.2, 0) is 12.0 Å². The SMILES string of the molecule is CCC1CCC(Cn2c(C3(c4ccccc4)CCC3)nc3nc(C(=N)N(C)C(N)=O)nc(NC(C)C4CCC4)c32)CC1. The molecule has 2 amide bonds. The lowest BCUT2D eigenvalue weighted by atomic mass is 9.63. The summed E-state index contributed by atoms with van der Waals surface area (Å²) in [5.74, 6) is 3.81. The molecule has 1 unspecified atom stereocenters. The third-order valence-electron chi connectivity index (χ3n) is 10.6. The van der Waals surface area contributed by atoms with Crippen molar-refractivity contribution in [3.05, 3.63) is 47.5 Å². The van der Waals surface area contributed by atoms with Gasteiger partial charge >= 0.3 is 6.03 Å². The van der Waals surface area contributed by atoms with Crippen LogP contribution in [-0.4, -0.2) is 49.4 Å². The maximum absolute atomic E-state index is 12.0. The maximum atomic E-state index is 12.0. The summed E-state index contributed by atoms with van der Waals surface area (Å²) >= 11 is 0. The molecular weight excluding hydrogens is 524 g/mol. The second-order valence-corrected chi connectivity index (χ2v) is 13.1. The van der Waals surface area contributed by atoms with Gasteiger partial charge in [0.05, 0.1) is 5.41 Å². The zero-order valence-corrected chi connectivity index (χ0v) is 25.4.